The van der Waals surface area contributed by atoms with Crippen LogP contribution in [-0.2, 0) is 0 Å². The SMILES string of the molecule is Cc1ncc(-c2nc3ccncc3n2-c2ccc(Cl)cc2)s1. The van der Waals surface area contributed by atoms with E-state index in [1.54, 1.807) is 17.5 Å². The number of benzene rings is 1. The van der Waals surface area contributed by atoms with Crippen LogP contribution in [0.15, 0.2) is 48.9 Å². The van der Waals surface area contributed by atoms with Gasteiger partial charge in [-0.25, -0.2) is 9.97 Å². The van der Waals surface area contributed by atoms with Crippen molar-refractivity contribution in [3.63, 3.8) is 0 Å². The van der Waals surface area contributed by atoms with E-state index in [1.807, 2.05) is 49.6 Å². The van der Waals surface area contributed by atoms with E-state index in [0.717, 1.165) is 32.4 Å². The van der Waals surface area contributed by atoms with E-state index in [1.165, 1.54) is 0 Å². The van der Waals surface area contributed by atoms with Crippen molar-refractivity contribution in [2.75, 3.05) is 0 Å². The van der Waals surface area contributed by atoms with Crippen LogP contribution in [0.25, 0.3) is 27.4 Å². The smallest absolute Gasteiger partial charge is 0.157 e. The maximum Gasteiger partial charge on any atom is 0.157 e. The van der Waals surface area contributed by atoms with Crippen LogP contribution in [-0.4, -0.2) is 19.5 Å². The Balaban J connectivity index is 2.03. The molecule has 0 aliphatic carbocycles. The third-order valence-electron chi connectivity index (χ3n) is 3.38. The van der Waals surface area contributed by atoms with Crippen molar-refractivity contribution in [3.05, 3.63) is 59.0 Å². The van der Waals surface area contributed by atoms with Gasteiger partial charge in [-0.05, 0) is 37.3 Å². The number of hydrogen-bond acceptors (Lipinski definition) is 4. The van der Waals surface area contributed by atoms with Crippen LogP contribution in [0.5, 0.6) is 0 Å². The average molecular weight is 327 g/mol. The third-order valence-corrected chi connectivity index (χ3v) is 4.54. The van der Waals surface area contributed by atoms with Gasteiger partial charge in [0.25, 0.3) is 0 Å². The number of aryl methyl sites for hydroxylation is 1. The molecule has 0 N–H and O–H groups in total. The fourth-order valence-corrected chi connectivity index (χ4v) is 3.29. The molecule has 4 rings (SSSR count). The first-order valence-electron chi connectivity index (χ1n) is 6.73. The maximum absolute atomic E-state index is 6.01. The predicted molar refractivity (Wildman–Crippen MR) is 89.7 cm³/mol. The summed E-state index contributed by atoms with van der Waals surface area (Å²) in [4.78, 5) is 14.4. The summed E-state index contributed by atoms with van der Waals surface area (Å²) in [5.74, 6) is 0.871. The molecule has 3 aromatic heterocycles. The average Bonchev–Trinajstić information content (AvgIpc) is 3.11. The molecule has 0 spiro atoms. The number of pyridine rings is 1. The quantitative estimate of drug-likeness (QED) is 0.544. The van der Waals surface area contributed by atoms with Crippen molar-refractivity contribution >= 4 is 34.0 Å². The minimum Gasteiger partial charge on any atom is -0.290 e. The number of fused-ring (bicyclic) bond motifs is 1. The highest BCUT2D eigenvalue weighted by molar-refractivity contribution is 7.15. The van der Waals surface area contributed by atoms with Gasteiger partial charge in [0, 0.05) is 23.1 Å². The van der Waals surface area contributed by atoms with Crippen LogP contribution in [0.1, 0.15) is 5.01 Å². The fraction of sp³-hybridized carbons (Fsp3) is 0.0625. The van der Waals surface area contributed by atoms with E-state index in [-0.39, 0.29) is 0 Å². The summed E-state index contributed by atoms with van der Waals surface area (Å²) in [5.41, 5.74) is 2.87. The zero-order chi connectivity index (χ0) is 15.1. The Morgan fingerprint density at radius 3 is 2.64 bits per heavy atom. The lowest BCUT2D eigenvalue weighted by molar-refractivity contribution is 1.10. The lowest BCUT2D eigenvalue weighted by Gasteiger charge is -2.07. The van der Waals surface area contributed by atoms with Crippen molar-refractivity contribution < 1.29 is 0 Å². The first-order chi connectivity index (χ1) is 10.7. The molecule has 0 aliphatic heterocycles. The van der Waals surface area contributed by atoms with Gasteiger partial charge in [-0.1, -0.05) is 11.6 Å². The minimum atomic E-state index is 0.710. The highest BCUT2D eigenvalue weighted by atomic mass is 35.5. The van der Waals surface area contributed by atoms with Crippen molar-refractivity contribution in [3.8, 4) is 16.4 Å². The number of halogens is 1. The Labute approximate surface area is 136 Å². The highest BCUT2D eigenvalue weighted by Crippen LogP contribution is 2.31. The molecule has 0 saturated carbocycles. The second-order valence-corrected chi connectivity index (χ2v) is 6.53. The molecule has 0 bridgehead atoms. The van der Waals surface area contributed by atoms with Gasteiger partial charge in [0.05, 0.1) is 27.1 Å². The van der Waals surface area contributed by atoms with Crippen LogP contribution in [0.3, 0.4) is 0 Å². The monoisotopic (exact) mass is 326 g/mol. The summed E-state index contributed by atoms with van der Waals surface area (Å²) >= 11 is 7.63. The third kappa shape index (κ3) is 2.19. The number of rotatable bonds is 2. The zero-order valence-corrected chi connectivity index (χ0v) is 13.3. The van der Waals surface area contributed by atoms with Crippen LogP contribution < -0.4 is 0 Å². The minimum absolute atomic E-state index is 0.710. The molecule has 0 unspecified atom stereocenters. The van der Waals surface area contributed by atoms with Crippen LogP contribution in [0, 0.1) is 6.92 Å². The molecule has 108 valence electrons. The Kier molecular flexibility index (Phi) is 3.17. The summed E-state index contributed by atoms with van der Waals surface area (Å²) in [6.45, 7) is 1.99. The molecule has 0 fully saturated rings. The number of hydrogen-bond donors (Lipinski definition) is 0. The fourth-order valence-electron chi connectivity index (χ4n) is 2.41. The van der Waals surface area contributed by atoms with Gasteiger partial charge in [-0.3, -0.25) is 9.55 Å². The second kappa shape index (κ2) is 5.19. The molecular formula is C16H11ClN4S. The van der Waals surface area contributed by atoms with Gasteiger partial charge in [-0.2, -0.15) is 0 Å². The van der Waals surface area contributed by atoms with Gasteiger partial charge in [-0.15, -0.1) is 11.3 Å². The van der Waals surface area contributed by atoms with E-state index < -0.39 is 0 Å². The summed E-state index contributed by atoms with van der Waals surface area (Å²) in [5, 5.41) is 1.73. The van der Waals surface area contributed by atoms with Gasteiger partial charge in [0.15, 0.2) is 5.82 Å². The van der Waals surface area contributed by atoms with Crippen molar-refractivity contribution in [1.82, 2.24) is 19.5 Å². The Bertz CT molecular complexity index is 956. The molecule has 0 aliphatic rings. The molecule has 1 aromatic carbocycles. The van der Waals surface area contributed by atoms with Gasteiger partial charge in [0.1, 0.15) is 0 Å². The first-order valence-corrected chi connectivity index (χ1v) is 7.93. The summed E-state index contributed by atoms with van der Waals surface area (Å²) in [6.07, 6.45) is 5.44. The van der Waals surface area contributed by atoms with Gasteiger partial charge in [0.2, 0.25) is 0 Å². The highest BCUT2D eigenvalue weighted by Gasteiger charge is 2.16. The van der Waals surface area contributed by atoms with E-state index in [2.05, 4.69) is 14.5 Å². The summed E-state index contributed by atoms with van der Waals surface area (Å²) < 4.78 is 2.09. The summed E-state index contributed by atoms with van der Waals surface area (Å²) in [6, 6.07) is 9.63. The molecule has 6 heteroatoms. The Morgan fingerprint density at radius 1 is 1.09 bits per heavy atom. The Morgan fingerprint density at radius 2 is 1.91 bits per heavy atom. The number of thiazole rings is 1. The lowest BCUT2D eigenvalue weighted by atomic mass is 10.3. The molecule has 0 radical (unpaired) electrons. The number of nitrogens with zero attached hydrogens (tertiary/aromatic N) is 4. The molecule has 0 saturated heterocycles. The largest absolute Gasteiger partial charge is 0.290 e. The predicted octanol–water partition coefficient (Wildman–Crippen LogP) is 4.51. The normalized spacial score (nSPS) is 11.2. The first kappa shape index (κ1) is 13.4. The molecule has 4 aromatic rings. The van der Waals surface area contributed by atoms with Crippen LogP contribution >= 0.6 is 22.9 Å². The van der Waals surface area contributed by atoms with Crippen molar-refractivity contribution in [1.29, 1.82) is 0 Å². The van der Waals surface area contributed by atoms with E-state index in [0.29, 0.717) is 5.02 Å². The Hall–Kier alpha value is -2.24. The van der Waals surface area contributed by atoms with Gasteiger partial charge < -0.3 is 0 Å². The van der Waals surface area contributed by atoms with E-state index >= 15 is 0 Å². The molecule has 4 nitrogen and oxygen atoms in total. The second-order valence-electron chi connectivity index (χ2n) is 4.86. The van der Waals surface area contributed by atoms with Crippen LogP contribution in [0.4, 0.5) is 0 Å². The van der Waals surface area contributed by atoms with E-state index in [9.17, 15) is 0 Å². The van der Waals surface area contributed by atoms with Crippen molar-refractivity contribution in [2.45, 2.75) is 6.92 Å². The molecular weight excluding hydrogens is 316 g/mol. The van der Waals surface area contributed by atoms with Gasteiger partial charge >= 0.3 is 0 Å². The van der Waals surface area contributed by atoms with Crippen molar-refractivity contribution in [2.24, 2.45) is 0 Å². The molecule has 3 heterocycles. The number of aromatic nitrogens is 4. The van der Waals surface area contributed by atoms with Crippen LogP contribution in [0.2, 0.25) is 5.02 Å². The summed E-state index contributed by atoms with van der Waals surface area (Å²) in [7, 11) is 0. The molecule has 0 amide bonds. The topological polar surface area (TPSA) is 43.6 Å². The van der Waals surface area contributed by atoms with E-state index in [4.69, 9.17) is 16.6 Å². The zero-order valence-electron chi connectivity index (χ0n) is 11.7. The number of imidazole rings is 1. The lowest BCUT2D eigenvalue weighted by Crippen LogP contribution is -1.96. The molecule has 0 atom stereocenters. The molecule has 22 heavy (non-hydrogen) atoms. The standard InChI is InChI=1S/C16H11ClN4S/c1-10-19-9-15(22-10)16-20-13-6-7-18-8-14(13)21(16)12-4-2-11(17)3-5-12/h2-9H,1H3. The maximum atomic E-state index is 6.01.